The number of carbonyl (C=O) groups excluding carboxylic acids is 1. The molecule has 0 unspecified atom stereocenters. The molecule has 0 bridgehead atoms. The van der Waals surface area contributed by atoms with Crippen molar-refractivity contribution in [2.75, 3.05) is 23.3 Å². The summed E-state index contributed by atoms with van der Waals surface area (Å²) in [5.41, 5.74) is 3.56. The number of hydrogen-bond donors (Lipinski definition) is 2. The van der Waals surface area contributed by atoms with Crippen molar-refractivity contribution in [3.63, 3.8) is 0 Å². The van der Waals surface area contributed by atoms with E-state index in [0.717, 1.165) is 68.8 Å². The molecule has 0 atom stereocenters. The predicted octanol–water partition coefficient (Wildman–Crippen LogP) is 2.43. The van der Waals surface area contributed by atoms with Crippen molar-refractivity contribution in [2.45, 2.75) is 44.8 Å². The van der Waals surface area contributed by atoms with Crippen molar-refractivity contribution >= 4 is 17.3 Å². The number of nitrogens with one attached hydrogen (secondary N) is 1. The molecule has 25 heavy (non-hydrogen) atoms. The second-order valence-corrected chi connectivity index (χ2v) is 6.87. The van der Waals surface area contributed by atoms with Gasteiger partial charge in [0, 0.05) is 19.6 Å². The van der Waals surface area contributed by atoms with Gasteiger partial charge in [-0.15, -0.1) is 0 Å². The quantitative estimate of drug-likeness (QED) is 0.900. The van der Waals surface area contributed by atoms with Gasteiger partial charge in [-0.05, 0) is 44.2 Å². The molecule has 2 aliphatic heterocycles. The predicted molar refractivity (Wildman–Crippen MR) is 97.0 cm³/mol. The number of para-hydroxylation sites is 2. The first-order chi connectivity index (χ1) is 12.2. The number of anilines is 2. The van der Waals surface area contributed by atoms with Gasteiger partial charge in [-0.1, -0.05) is 12.1 Å². The number of hydrogen-bond acceptors (Lipinski definition) is 4. The van der Waals surface area contributed by atoms with Crippen LogP contribution >= 0.6 is 0 Å². The summed E-state index contributed by atoms with van der Waals surface area (Å²) >= 11 is 0. The highest BCUT2D eigenvalue weighted by Crippen LogP contribution is 2.29. The summed E-state index contributed by atoms with van der Waals surface area (Å²) in [6, 6.07) is 7.89. The molecule has 2 aliphatic rings. The fourth-order valence-corrected chi connectivity index (χ4v) is 3.76. The third-order valence-corrected chi connectivity index (χ3v) is 5.18. The smallest absolute Gasteiger partial charge is 0.259 e. The molecule has 132 valence electrons. The number of aliphatic hydroxyl groups is 1. The first-order valence-electron chi connectivity index (χ1n) is 9.10. The molecule has 2 N–H and O–H groups in total. The third kappa shape index (κ3) is 3.26. The van der Waals surface area contributed by atoms with E-state index in [2.05, 4.69) is 15.3 Å². The number of fused-ring (bicyclic) bond motifs is 1. The minimum absolute atomic E-state index is 0.0901. The van der Waals surface area contributed by atoms with E-state index < -0.39 is 0 Å². The van der Waals surface area contributed by atoms with Crippen LogP contribution in [0.2, 0.25) is 0 Å². The zero-order chi connectivity index (χ0) is 17.2. The molecule has 1 aromatic carbocycles. The van der Waals surface area contributed by atoms with E-state index in [1.54, 1.807) is 6.20 Å². The molecule has 0 saturated carbocycles. The van der Waals surface area contributed by atoms with E-state index in [0.29, 0.717) is 5.56 Å². The Morgan fingerprint density at radius 3 is 2.80 bits per heavy atom. The maximum absolute atomic E-state index is 12.8. The molecule has 1 aromatic heterocycles. The summed E-state index contributed by atoms with van der Waals surface area (Å²) in [5, 5.41) is 17.2. The standard InChI is InChI=1S/C19H24N4O2/c24-14-8-11-22(12-9-14)18-7-2-1-5-16(18)21-19(25)15-13-20-23-10-4-3-6-17(15)23/h1-2,5,7,13-14,24H,3-4,6,8-12H2,(H,21,25). The fourth-order valence-electron chi connectivity index (χ4n) is 3.76. The number of aromatic nitrogens is 2. The second-order valence-electron chi connectivity index (χ2n) is 6.87. The maximum atomic E-state index is 12.8. The van der Waals surface area contributed by atoms with E-state index in [1.165, 1.54) is 0 Å². The number of aryl methyl sites for hydroxylation is 1. The minimum atomic E-state index is -0.211. The molecular weight excluding hydrogens is 316 g/mol. The minimum Gasteiger partial charge on any atom is -0.393 e. The van der Waals surface area contributed by atoms with Gasteiger partial charge in [-0.3, -0.25) is 9.48 Å². The number of benzene rings is 1. The Balaban J connectivity index is 1.55. The van der Waals surface area contributed by atoms with Gasteiger partial charge in [-0.25, -0.2) is 0 Å². The Morgan fingerprint density at radius 2 is 1.96 bits per heavy atom. The summed E-state index contributed by atoms with van der Waals surface area (Å²) in [7, 11) is 0. The molecule has 4 rings (SSSR count). The maximum Gasteiger partial charge on any atom is 0.259 e. The van der Waals surface area contributed by atoms with Gasteiger partial charge in [-0.2, -0.15) is 5.10 Å². The van der Waals surface area contributed by atoms with Gasteiger partial charge in [0.05, 0.1) is 34.9 Å². The monoisotopic (exact) mass is 340 g/mol. The molecule has 0 aliphatic carbocycles. The Kier molecular flexibility index (Phi) is 4.44. The molecule has 3 heterocycles. The SMILES string of the molecule is O=C(Nc1ccccc1N1CCC(O)CC1)c1cnn2c1CCCC2. The fraction of sp³-hybridized carbons (Fsp3) is 0.474. The van der Waals surface area contributed by atoms with E-state index >= 15 is 0 Å². The van der Waals surface area contributed by atoms with Crippen LogP contribution in [0.3, 0.4) is 0 Å². The van der Waals surface area contributed by atoms with Gasteiger partial charge < -0.3 is 15.3 Å². The van der Waals surface area contributed by atoms with Crippen molar-refractivity contribution in [1.82, 2.24) is 9.78 Å². The van der Waals surface area contributed by atoms with Crippen LogP contribution in [0.1, 0.15) is 41.7 Å². The zero-order valence-electron chi connectivity index (χ0n) is 14.3. The molecule has 6 heteroatoms. The topological polar surface area (TPSA) is 70.4 Å². The third-order valence-electron chi connectivity index (χ3n) is 5.18. The number of aliphatic hydroxyl groups excluding tert-OH is 1. The number of rotatable bonds is 3. The van der Waals surface area contributed by atoms with E-state index in [9.17, 15) is 9.90 Å². The summed E-state index contributed by atoms with van der Waals surface area (Å²) in [6.07, 6.45) is 6.15. The lowest BCUT2D eigenvalue weighted by atomic mass is 10.1. The highest BCUT2D eigenvalue weighted by Gasteiger charge is 2.23. The Hall–Kier alpha value is -2.34. The normalized spacial score (nSPS) is 18.0. The van der Waals surface area contributed by atoms with Crippen molar-refractivity contribution < 1.29 is 9.90 Å². The molecule has 0 spiro atoms. The van der Waals surface area contributed by atoms with Crippen LogP contribution < -0.4 is 10.2 Å². The number of piperidine rings is 1. The first kappa shape index (κ1) is 16.1. The van der Waals surface area contributed by atoms with Crippen LogP contribution in [0.15, 0.2) is 30.5 Å². The second kappa shape index (κ2) is 6.88. The average Bonchev–Trinajstić information content (AvgIpc) is 3.07. The van der Waals surface area contributed by atoms with Crippen molar-refractivity contribution in [3.05, 3.63) is 41.7 Å². The van der Waals surface area contributed by atoms with E-state index in [1.807, 2.05) is 28.9 Å². The zero-order valence-corrected chi connectivity index (χ0v) is 14.3. The number of amides is 1. The van der Waals surface area contributed by atoms with E-state index in [-0.39, 0.29) is 12.0 Å². The van der Waals surface area contributed by atoms with Crippen LogP contribution in [-0.4, -0.2) is 40.0 Å². The van der Waals surface area contributed by atoms with Gasteiger partial charge in [0.2, 0.25) is 0 Å². The van der Waals surface area contributed by atoms with Crippen LogP contribution in [0.4, 0.5) is 11.4 Å². The van der Waals surface area contributed by atoms with Gasteiger partial charge in [0.15, 0.2) is 0 Å². The van der Waals surface area contributed by atoms with Gasteiger partial charge >= 0.3 is 0 Å². The van der Waals surface area contributed by atoms with Crippen LogP contribution in [-0.2, 0) is 13.0 Å². The lowest BCUT2D eigenvalue weighted by Crippen LogP contribution is -2.36. The highest BCUT2D eigenvalue weighted by atomic mass is 16.3. The van der Waals surface area contributed by atoms with Gasteiger partial charge in [0.25, 0.3) is 5.91 Å². The van der Waals surface area contributed by atoms with E-state index in [4.69, 9.17) is 0 Å². The summed E-state index contributed by atoms with van der Waals surface area (Å²) < 4.78 is 1.95. The Morgan fingerprint density at radius 1 is 1.16 bits per heavy atom. The summed E-state index contributed by atoms with van der Waals surface area (Å²) in [4.78, 5) is 15.0. The van der Waals surface area contributed by atoms with Crippen molar-refractivity contribution in [2.24, 2.45) is 0 Å². The first-order valence-corrected chi connectivity index (χ1v) is 9.10. The lowest BCUT2D eigenvalue weighted by molar-refractivity contribution is 0.102. The molecule has 6 nitrogen and oxygen atoms in total. The number of nitrogens with zero attached hydrogens (tertiary/aromatic N) is 3. The van der Waals surface area contributed by atoms with Gasteiger partial charge in [0.1, 0.15) is 0 Å². The van der Waals surface area contributed by atoms with Crippen molar-refractivity contribution in [3.8, 4) is 0 Å². The molecular formula is C19H24N4O2. The molecule has 0 radical (unpaired) electrons. The van der Waals surface area contributed by atoms with Crippen LogP contribution in [0, 0.1) is 0 Å². The number of carbonyl (C=O) groups is 1. The molecule has 1 amide bonds. The highest BCUT2D eigenvalue weighted by molar-refractivity contribution is 6.06. The lowest BCUT2D eigenvalue weighted by Gasteiger charge is -2.32. The van der Waals surface area contributed by atoms with Crippen LogP contribution in [0.5, 0.6) is 0 Å². The molecule has 2 aromatic rings. The Bertz CT molecular complexity index is 763. The summed E-state index contributed by atoms with van der Waals surface area (Å²) in [5.74, 6) is -0.0901. The average molecular weight is 340 g/mol. The summed E-state index contributed by atoms with van der Waals surface area (Å²) in [6.45, 7) is 2.50. The molecule has 1 fully saturated rings. The largest absolute Gasteiger partial charge is 0.393 e. The molecule has 1 saturated heterocycles. The van der Waals surface area contributed by atoms with Crippen molar-refractivity contribution in [1.29, 1.82) is 0 Å². The Labute approximate surface area is 147 Å². The van der Waals surface area contributed by atoms with Crippen LogP contribution in [0.25, 0.3) is 0 Å².